The quantitative estimate of drug-likeness (QED) is 0.632. The van der Waals surface area contributed by atoms with Gasteiger partial charge in [-0.2, -0.15) is 5.10 Å². The van der Waals surface area contributed by atoms with Gasteiger partial charge in [0.2, 0.25) is 11.8 Å². The molecule has 1 unspecified atom stereocenters. The minimum Gasteiger partial charge on any atom is -0.347 e. The fourth-order valence-corrected chi connectivity index (χ4v) is 4.13. The number of hydrogen-bond acceptors (Lipinski definition) is 3. The van der Waals surface area contributed by atoms with E-state index in [1.54, 1.807) is 20.2 Å². The Kier molecular flexibility index (Phi) is 8.77. The van der Waals surface area contributed by atoms with Crippen LogP contribution in [0.2, 0.25) is 0 Å². The number of likely N-dealkylation sites (N-methyl/N-ethyl adjacent to an activating group) is 1. The van der Waals surface area contributed by atoms with Crippen LogP contribution in [0.4, 0.5) is 13.2 Å². The molecule has 0 saturated heterocycles. The molecule has 1 aromatic carbocycles. The highest BCUT2D eigenvalue weighted by Crippen LogP contribution is 2.37. The lowest BCUT2D eigenvalue weighted by Gasteiger charge is -2.32. The summed E-state index contributed by atoms with van der Waals surface area (Å²) in [5.41, 5.74) is -0.379. The Morgan fingerprint density at radius 3 is 2.32 bits per heavy atom. The number of amides is 2. The fourth-order valence-electron chi connectivity index (χ4n) is 4.13. The van der Waals surface area contributed by atoms with E-state index in [1.165, 1.54) is 21.7 Å². The zero-order chi connectivity index (χ0) is 25.8. The number of hydrogen-bond donors (Lipinski definition) is 1. The molecule has 1 aliphatic carbocycles. The van der Waals surface area contributed by atoms with Gasteiger partial charge in [-0.15, -0.1) is 0 Å². The van der Waals surface area contributed by atoms with E-state index in [1.807, 2.05) is 34.6 Å². The Labute approximate surface area is 199 Å². The second-order valence-electron chi connectivity index (χ2n) is 9.97. The van der Waals surface area contributed by atoms with Gasteiger partial charge in [0.05, 0.1) is 0 Å². The number of fused-ring (bicyclic) bond motifs is 1. The number of carbonyl (C=O) groups is 2. The first kappa shape index (κ1) is 27.7. The number of aromatic nitrogens is 2. The third-order valence-corrected chi connectivity index (χ3v) is 6.03. The van der Waals surface area contributed by atoms with Crippen LogP contribution in [0.15, 0.2) is 18.2 Å². The number of benzene rings is 1. The lowest BCUT2D eigenvalue weighted by molar-refractivity contribution is -0.133. The highest BCUT2D eigenvalue weighted by molar-refractivity contribution is 6.06. The van der Waals surface area contributed by atoms with E-state index < -0.39 is 29.1 Å². The van der Waals surface area contributed by atoms with E-state index in [0.717, 1.165) is 0 Å². The largest absolute Gasteiger partial charge is 0.347 e. The summed E-state index contributed by atoms with van der Waals surface area (Å²) in [6.45, 7) is 9.78. The second-order valence-corrected chi connectivity index (χ2v) is 9.97. The number of carbonyl (C=O) groups excluding carboxylic acids is 2. The lowest BCUT2D eigenvalue weighted by atomic mass is 9.85. The normalized spacial score (nSPS) is 17.0. The minimum absolute atomic E-state index is 0.0152. The Balaban J connectivity index is 0.00000199. The first-order chi connectivity index (χ1) is 15.8. The monoisotopic (exact) mass is 482 g/mol. The number of nitrogens with zero attached hydrogens (tertiary/aromatic N) is 3. The summed E-state index contributed by atoms with van der Waals surface area (Å²) in [5, 5.41) is 7.47. The van der Waals surface area contributed by atoms with Crippen LogP contribution in [-0.2, 0) is 11.3 Å². The van der Waals surface area contributed by atoms with Crippen molar-refractivity contribution in [3.63, 3.8) is 0 Å². The van der Waals surface area contributed by atoms with Crippen molar-refractivity contribution in [2.24, 2.45) is 11.3 Å². The molecule has 0 radical (unpaired) electrons. The molecule has 1 atom stereocenters. The molecule has 190 valence electrons. The first-order valence-electron chi connectivity index (χ1n) is 11.8. The number of alkyl halides is 2. The maximum absolute atomic E-state index is 14.7. The van der Waals surface area contributed by atoms with Crippen molar-refractivity contribution in [1.82, 2.24) is 20.0 Å². The molecule has 1 N–H and O–H groups in total. The Bertz CT molecular complexity index is 1000. The molecule has 0 aliphatic heterocycles. The average Bonchev–Trinajstić information content (AvgIpc) is 3.13. The summed E-state index contributed by atoms with van der Waals surface area (Å²) < 4.78 is 43.2. The van der Waals surface area contributed by atoms with Gasteiger partial charge >= 0.3 is 0 Å². The SMILES string of the molecule is CC.CN(C)C(=O)C(NC(=O)c1nn(CC2CCC(F)(F)CC2)c2c(F)cccc12)C(C)(C)C. The van der Waals surface area contributed by atoms with Crippen LogP contribution >= 0.6 is 0 Å². The van der Waals surface area contributed by atoms with Crippen LogP contribution in [0, 0.1) is 17.2 Å². The van der Waals surface area contributed by atoms with E-state index in [-0.39, 0.29) is 42.4 Å². The molecule has 0 spiro atoms. The highest BCUT2D eigenvalue weighted by atomic mass is 19.3. The van der Waals surface area contributed by atoms with Gasteiger partial charge < -0.3 is 10.2 Å². The van der Waals surface area contributed by atoms with Gasteiger partial charge in [0.1, 0.15) is 17.4 Å². The highest BCUT2D eigenvalue weighted by Gasteiger charge is 2.37. The van der Waals surface area contributed by atoms with E-state index >= 15 is 0 Å². The van der Waals surface area contributed by atoms with E-state index in [0.29, 0.717) is 18.2 Å². The third-order valence-electron chi connectivity index (χ3n) is 6.03. The Morgan fingerprint density at radius 1 is 1.21 bits per heavy atom. The zero-order valence-corrected chi connectivity index (χ0v) is 21.2. The molecule has 1 aliphatic rings. The van der Waals surface area contributed by atoms with Crippen molar-refractivity contribution < 1.29 is 22.8 Å². The third kappa shape index (κ3) is 6.30. The van der Waals surface area contributed by atoms with Crippen molar-refractivity contribution in [2.45, 2.75) is 78.8 Å². The molecule has 1 heterocycles. The molecule has 2 amide bonds. The predicted octanol–water partition coefficient (Wildman–Crippen LogP) is 5.26. The number of nitrogens with one attached hydrogen (secondary N) is 1. The second kappa shape index (κ2) is 10.8. The van der Waals surface area contributed by atoms with Gasteiger partial charge in [-0.3, -0.25) is 14.3 Å². The van der Waals surface area contributed by atoms with Crippen LogP contribution in [0.3, 0.4) is 0 Å². The molecule has 1 fully saturated rings. The first-order valence-corrected chi connectivity index (χ1v) is 11.8. The van der Waals surface area contributed by atoms with Crippen LogP contribution < -0.4 is 5.32 Å². The molecule has 0 bridgehead atoms. The van der Waals surface area contributed by atoms with Gasteiger partial charge in [-0.25, -0.2) is 13.2 Å². The molecule has 9 heteroatoms. The summed E-state index contributed by atoms with van der Waals surface area (Å²) in [7, 11) is 3.22. The van der Waals surface area contributed by atoms with Crippen LogP contribution in [0.1, 0.15) is 70.8 Å². The summed E-state index contributed by atoms with van der Waals surface area (Å²) in [6, 6.07) is 3.57. The van der Waals surface area contributed by atoms with Gasteiger partial charge in [0, 0.05) is 38.9 Å². The molecule has 6 nitrogen and oxygen atoms in total. The van der Waals surface area contributed by atoms with Crippen molar-refractivity contribution in [3.05, 3.63) is 29.7 Å². The maximum Gasteiger partial charge on any atom is 0.273 e. The molecule has 1 saturated carbocycles. The molecule has 34 heavy (non-hydrogen) atoms. The van der Waals surface area contributed by atoms with Gasteiger partial charge in [-0.05, 0) is 30.2 Å². The number of rotatable bonds is 5. The van der Waals surface area contributed by atoms with E-state index in [4.69, 9.17) is 0 Å². The smallest absolute Gasteiger partial charge is 0.273 e. The zero-order valence-electron chi connectivity index (χ0n) is 21.2. The lowest BCUT2D eigenvalue weighted by Crippen LogP contribution is -2.53. The van der Waals surface area contributed by atoms with E-state index in [9.17, 15) is 22.8 Å². The standard InChI is InChI=1S/C23H31F3N4O2.C2H6/c1-22(2,3)19(21(32)29(4)5)27-20(31)17-15-7-6-8-16(24)18(15)30(28-17)13-14-9-11-23(25,26)12-10-14;1-2/h6-8,14,19H,9-13H2,1-5H3,(H,27,31);1-2H3. The van der Waals surface area contributed by atoms with Gasteiger partial charge in [-0.1, -0.05) is 46.8 Å². The van der Waals surface area contributed by atoms with Crippen molar-refractivity contribution in [1.29, 1.82) is 0 Å². The number of para-hydroxylation sites is 1. The van der Waals surface area contributed by atoms with E-state index in [2.05, 4.69) is 10.4 Å². The molecule has 2 aromatic rings. The Hall–Kier alpha value is -2.58. The van der Waals surface area contributed by atoms with Crippen molar-refractivity contribution >= 4 is 22.7 Å². The van der Waals surface area contributed by atoms with Crippen molar-refractivity contribution in [2.75, 3.05) is 14.1 Å². The summed E-state index contributed by atoms with van der Waals surface area (Å²) in [6.07, 6.45) is 0.223. The molecular weight excluding hydrogens is 445 g/mol. The number of halogens is 3. The summed E-state index contributed by atoms with van der Waals surface area (Å²) in [4.78, 5) is 27.2. The fraction of sp³-hybridized carbons (Fsp3) is 0.640. The van der Waals surface area contributed by atoms with Crippen LogP contribution in [-0.4, -0.2) is 52.6 Å². The summed E-state index contributed by atoms with van der Waals surface area (Å²) in [5.74, 6) is -4.11. The van der Waals surface area contributed by atoms with Gasteiger partial charge in [0.15, 0.2) is 5.69 Å². The van der Waals surface area contributed by atoms with Gasteiger partial charge in [0.25, 0.3) is 5.91 Å². The topological polar surface area (TPSA) is 67.2 Å². The van der Waals surface area contributed by atoms with Crippen LogP contribution in [0.5, 0.6) is 0 Å². The van der Waals surface area contributed by atoms with Crippen molar-refractivity contribution in [3.8, 4) is 0 Å². The molecule has 1 aromatic heterocycles. The minimum atomic E-state index is -2.65. The Morgan fingerprint density at radius 2 is 1.79 bits per heavy atom. The molecule has 3 rings (SSSR count). The summed E-state index contributed by atoms with van der Waals surface area (Å²) >= 11 is 0. The predicted molar refractivity (Wildman–Crippen MR) is 127 cm³/mol. The average molecular weight is 483 g/mol. The molecular formula is C25H37F3N4O2. The maximum atomic E-state index is 14.7. The van der Waals surface area contributed by atoms with Crippen LogP contribution in [0.25, 0.3) is 10.9 Å².